The van der Waals surface area contributed by atoms with Crippen LogP contribution in [-0.4, -0.2) is 23.6 Å². The second-order valence-corrected chi connectivity index (χ2v) is 5.68. The van der Waals surface area contributed by atoms with Crippen molar-refractivity contribution in [1.82, 2.24) is 0 Å². The lowest BCUT2D eigenvalue weighted by Gasteiger charge is -2.18. The van der Waals surface area contributed by atoms with Crippen molar-refractivity contribution in [2.24, 2.45) is 0 Å². The van der Waals surface area contributed by atoms with Gasteiger partial charge in [-0.1, -0.05) is 36.4 Å². The van der Waals surface area contributed by atoms with Gasteiger partial charge in [0.2, 0.25) is 5.91 Å². The fourth-order valence-corrected chi connectivity index (χ4v) is 3.07. The number of hydrogen-bond acceptors (Lipinski definition) is 4. The molecule has 5 nitrogen and oxygen atoms in total. The van der Waals surface area contributed by atoms with Crippen LogP contribution in [0.4, 0.5) is 5.69 Å². The summed E-state index contributed by atoms with van der Waals surface area (Å²) in [6.07, 6.45) is -0.0669. The van der Waals surface area contributed by atoms with Crippen molar-refractivity contribution in [1.29, 1.82) is 0 Å². The molecule has 1 amide bonds. The summed E-state index contributed by atoms with van der Waals surface area (Å²) in [7, 11) is 0. The van der Waals surface area contributed by atoms with E-state index in [9.17, 15) is 14.7 Å². The molecule has 1 N–H and O–H groups in total. The van der Waals surface area contributed by atoms with Crippen LogP contribution in [-0.2, 0) is 20.9 Å². The van der Waals surface area contributed by atoms with E-state index >= 15 is 0 Å². The number of fused-ring (bicyclic) bond motifs is 1. The molecule has 1 aliphatic rings. The minimum Gasteiger partial charge on any atom is -0.508 e. The lowest BCUT2D eigenvalue weighted by molar-refractivity contribution is -0.144. The predicted octanol–water partition coefficient (Wildman–Crippen LogP) is 2.98. The Kier molecular flexibility index (Phi) is 4.51. The zero-order valence-corrected chi connectivity index (χ0v) is 13.4. The predicted molar refractivity (Wildman–Crippen MR) is 89.7 cm³/mol. The normalized spacial score (nSPS) is 16.1. The first-order valence-corrected chi connectivity index (χ1v) is 7.94. The quantitative estimate of drug-likeness (QED) is 0.858. The van der Waals surface area contributed by atoms with E-state index < -0.39 is 11.9 Å². The third-order valence-corrected chi connectivity index (χ3v) is 4.12. The molecule has 0 fully saturated rings. The zero-order valence-electron chi connectivity index (χ0n) is 13.4. The second kappa shape index (κ2) is 6.74. The lowest BCUT2D eigenvalue weighted by atomic mass is 9.96. The van der Waals surface area contributed by atoms with Crippen LogP contribution in [0.5, 0.6) is 5.75 Å². The highest BCUT2D eigenvalue weighted by atomic mass is 16.5. The fourth-order valence-electron chi connectivity index (χ4n) is 3.07. The van der Waals surface area contributed by atoms with E-state index in [2.05, 4.69) is 0 Å². The molecule has 0 aromatic heterocycles. The maximum Gasteiger partial charge on any atom is 0.306 e. The molecule has 5 heteroatoms. The summed E-state index contributed by atoms with van der Waals surface area (Å²) in [5, 5.41) is 10.2. The van der Waals surface area contributed by atoms with Crippen LogP contribution in [0.1, 0.15) is 30.4 Å². The Hall–Kier alpha value is -2.82. The molecule has 1 heterocycles. The highest BCUT2D eigenvalue weighted by Crippen LogP contribution is 2.44. The molecule has 0 bridgehead atoms. The van der Waals surface area contributed by atoms with Crippen molar-refractivity contribution in [3.8, 4) is 5.75 Å². The minimum absolute atomic E-state index is 0.0331. The highest BCUT2D eigenvalue weighted by molar-refractivity contribution is 6.07. The highest BCUT2D eigenvalue weighted by Gasteiger charge is 2.40. The molecule has 0 unspecified atom stereocenters. The molecule has 1 aliphatic heterocycles. The summed E-state index contributed by atoms with van der Waals surface area (Å²) in [6.45, 7) is 2.39. The molecule has 24 heavy (non-hydrogen) atoms. The van der Waals surface area contributed by atoms with Crippen molar-refractivity contribution in [2.45, 2.75) is 25.8 Å². The van der Waals surface area contributed by atoms with E-state index in [1.807, 2.05) is 30.3 Å². The van der Waals surface area contributed by atoms with Gasteiger partial charge in [0.25, 0.3) is 0 Å². The number of phenols is 1. The second-order valence-electron chi connectivity index (χ2n) is 5.68. The number of rotatable bonds is 5. The molecule has 0 saturated carbocycles. The summed E-state index contributed by atoms with van der Waals surface area (Å²) in [6, 6.07) is 14.6. The van der Waals surface area contributed by atoms with Gasteiger partial charge in [-0.25, -0.2) is 0 Å². The van der Waals surface area contributed by atoms with Crippen molar-refractivity contribution in [3.63, 3.8) is 0 Å². The molecule has 124 valence electrons. The molecular formula is C19H19NO4. The summed E-state index contributed by atoms with van der Waals surface area (Å²) in [5.74, 6) is -1.30. The minimum atomic E-state index is -0.705. The average molecular weight is 325 g/mol. The van der Waals surface area contributed by atoms with Crippen LogP contribution in [0.3, 0.4) is 0 Å². The first kappa shape index (κ1) is 16.1. The van der Waals surface area contributed by atoms with E-state index in [0.29, 0.717) is 17.8 Å². The molecule has 0 spiro atoms. The number of aromatic hydroxyl groups is 1. The van der Waals surface area contributed by atoms with Crippen LogP contribution >= 0.6 is 0 Å². The zero-order chi connectivity index (χ0) is 17.1. The van der Waals surface area contributed by atoms with E-state index in [-0.39, 0.29) is 24.7 Å². The Morgan fingerprint density at radius 3 is 2.62 bits per heavy atom. The number of nitrogens with zero attached hydrogens (tertiary/aromatic N) is 1. The molecule has 1 atom stereocenters. The average Bonchev–Trinajstić information content (AvgIpc) is 2.83. The van der Waals surface area contributed by atoms with E-state index in [0.717, 1.165) is 5.56 Å². The molecule has 3 rings (SSSR count). The first-order valence-electron chi connectivity index (χ1n) is 7.94. The summed E-state index contributed by atoms with van der Waals surface area (Å²) < 4.78 is 4.97. The van der Waals surface area contributed by atoms with Gasteiger partial charge in [-0.3, -0.25) is 9.59 Å². The maximum atomic E-state index is 12.9. The lowest BCUT2D eigenvalue weighted by Crippen LogP contribution is -2.29. The summed E-state index contributed by atoms with van der Waals surface area (Å²) >= 11 is 0. The van der Waals surface area contributed by atoms with Crippen molar-refractivity contribution in [3.05, 3.63) is 59.7 Å². The van der Waals surface area contributed by atoms with Crippen LogP contribution in [0.25, 0.3) is 0 Å². The number of hydrogen-bond donors (Lipinski definition) is 1. The Balaban J connectivity index is 1.94. The molecule has 0 radical (unpaired) electrons. The van der Waals surface area contributed by atoms with Gasteiger partial charge in [-0.05, 0) is 24.6 Å². The maximum absolute atomic E-state index is 12.9. The van der Waals surface area contributed by atoms with Gasteiger partial charge in [0.1, 0.15) is 5.75 Å². The number of carbonyl (C=O) groups excluding carboxylic acids is 2. The van der Waals surface area contributed by atoms with Gasteiger partial charge in [0.05, 0.1) is 31.2 Å². The Labute approximate surface area is 140 Å². The van der Waals surface area contributed by atoms with Crippen molar-refractivity contribution < 1.29 is 19.4 Å². The first-order chi connectivity index (χ1) is 11.6. The number of anilines is 1. The number of phenolic OH excluding ortho intramolecular Hbond substituents is 1. The summed E-state index contributed by atoms with van der Waals surface area (Å²) in [5.41, 5.74) is 2.14. The van der Waals surface area contributed by atoms with E-state index in [4.69, 9.17) is 4.74 Å². The number of carbonyl (C=O) groups is 2. The Bertz CT molecular complexity index is 757. The third-order valence-electron chi connectivity index (χ3n) is 4.12. The van der Waals surface area contributed by atoms with Crippen molar-refractivity contribution >= 4 is 17.6 Å². The van der Waals surface area contributed by atoms with E-state index in [1.54, 1.807) is 24.0 Å². The molecule has 2 aromatic carbocycles. The number of amides is 1. The fraction of sp³-hybridized carbons (Fsp3) is 0.263. The molecule has 0 saturated heterocycles. The van der Waals surface area contributed by atoms with Gasteiger partial charge >= 0.3 is 5.97 Å². The van der Waals surface area contributed by atoms with Crippen molar-refractivity contribution in [2.75, 3.05) is 11.5 Å². The largest absolute Gasteiger partial charge is 0.508 e. The Morgan fingerprint density at radius 1 is 1.17 bits per heavy atom. The van der Waals surface area contributed by atoms with Crippen LogP contribution in [0, 0.1) is 0 Å². The number of ether oxygens (including phenoxy) is 1. The Morgan fingerprint density at radius 2 is 1.92 bits per heavy atom. The molecule has 2 aromatic rings. The third kappa shape index (κ3) is 2.97. The molecule has 0 aliphatic carbocycles. The topological polar surface area (TPSA) is 66.8 Å². The van der Waals surface area contributed by atoms with Crippen LogP contribution in [0.2, 0.25) is 0 Å². The van der Waals surface area contributed by atoms with Gasteiger partial charge < -0.3 is 14.7 Å². The van der Waals surface area contributed by atoms with Crippen LogP contribution < -0.4 is 4.90 Å². The number of esters is 1. The standard InChI is InChI=1S/C19H19NO4/c1-2-24-17(22)11-14-18-15(9-6-10-16(18)21)20(19(14)23)12-13-7-4-3-5-8-13/h3-10,14,21H,2,11-12H2,1H3/t14-/m1/s1. The van der Waals surface area contributed by atoms with Gasteiger partial charge in [0.15, 0.2) is 0 Å². The van der Waals surface area contributed by atoms with Gasteiger partial charge in [0, 0.05) is 5.56 Å². The van der Waals surface area contributed by atoms with Gasteiger partial charge in [-0.2, -0.15) is 0 Å². The monoisotopic (exact) mass is 325 g/mol. The smallest absolute Gasteiger partial charge is 0.306 e. The van der Waals surface area contributed by atoms with Crippen LogP contribution in [0.15, 0.2) is 48.5 Å². The SMILES string of the molecule is CCOC(=O)C[C@H]1C(=O)N(Cc2ccccc2)c2cccc(O)c21. The summed E-state index contributed by atoms with van der Waals surface area (Å²) in [4.78, 5) is 26.3. The number of benzene rings is 2. The van der Waals surface area contributed by atoms with Gasteiger partial charge in [-0.15, -0.1) is 0 Å². The van der Waals surface area contributed by atoms with E-state index in [1.165, 1.54) is 6.07 Å². The molecular weight excluding hydrogens is 306 g/mol.